The van der Waals surface area contributed by atoms with Gasteiger partial charge in [-0.05, 0) is 49.1 Å². The van der Waals surface area contributed by atoms with E-state index < -0.39 is 5.97 Å². The fourth-order valence-corrected chi connectivity index (χ4v) is 3.14. The average Bonchev–Trinajstić information content (AvgIpc) is 3.02. The number of nitrogens with zero attached hydrogens (tertiary/aromatic N) is 4. The molecule has 1 N–H and O–H groups in total. The van der Waals surface area contributed by atoms with E-state index in [0.29, 0.717) is 11.6 Å². The van der Waals surface area contributed by atoms with Gasteiger partial charge in [0.05, 0.1) is 24.7 Å². The molecule has 126 valence electrons. The molecule has 1 aliphatic carbocycles. The normalized spacial score (nSPS) is 12.4. The number of carboxylic acids is 1. The van der Waals surface area contributed by atoms with Gasteiger partial charge in [0.15, 0.2) is 0 Å². The smallest absolute Gasteiger partial charge is 0.339 e. The first kappa shape index (κ1) is 15.3. The Labute approximate surface area is 143 Å². The van der Waals surface area contributed by atoms with Crippen molar-refractivity contribution in [1.82, 2.24) is 19.7 Å². The standard InChI is InChI=1S/C18H16N4O3/c1-10-15(17(23)24)9-20-22(10)18-19-8-12-4-3-11-7-13(25-2)5-6-14(11)16(12)21-18/h5-9H,3-4H2,1-2H3,(H,23,24). The summed E-state index contributed by atoms with van der Waals surface area (Å²) in [7, 11) is 1.65. The van der Waals surface area contributed by atoms with Crippen LogP contribution >= 0.6 is 0 Å². The first-order chi connectivity index (χ1) is 12.1. The van der Waals surface area contributed by atoms with Gasteiger partial charge in [0.1, 0.15) is 11.3 Å². The number of fused-ring (bicyclic) bond motifs is 3. The number of benzene rings is 1. The molecule has 7 nitrogen and oxygen atoms in total. The Hall–Kier alpha value is -3.22. The Morgan fingerprint density at radius 2 is 2.04 bits per heavy atom. The highest BCUT2D eigenvalue weighted by Gasteiger charge is 2.21. The molecule has 1 aromatic carbocycles. The van der Waals surface area contributed by atoms with Crippen LogP contribution in [-0.4, -0.2) is 37.9 Å². The zero-order chi connectivity index (χ0) is 17.6. The van der Waals surface area contributed by atoms with Crippen molar-refractivity contribution in [2.45, 2.75) is 19.8 Å². The average molecular weight is 336 g/mol. The molecule has 0 aliphatic heterocycles. The lowest BCUT2D eigenvalue weighted by Gasteiger charge is -2.19. The van der Waals surface area contributed by atoms with Crippen molar-refractivity contribution in [3.05, 3.63) is 53.0 Å². The van der Waals surface area contributed by atoms with Gasteiger partial charge >= 0.3 is 5.97 Å². The molecule has 0 saturated carbocycles. The Balaban J connectivity index is 1.83. The zero-order valence-corrected chi connectivity index (χ0v) is 13.9. The molecule has 0 bridgehead atoms. The summed E-state index contributed by atoms with van der Waals surface area (Å²) in [6.45, 7) is 1.69. The lowest BCUT2D eigenvalue weighted by molar-refractivity contribution is 0.0696. The summed E-state index contributed by atoms with van der Waals surface area (Å²) in [5.74, 6) is 0.178. The topological polar surface area (TPSA) is 90.1 Å². The Morgan fingerprint density at radius 1 is 1.24 bits per heavy atom. The van der Waals surface area contributed by atoms with Gasteiger partial charge in [0, 0.05) is 11.8 Å². The molecule has 0 radical (unpaired) electrons. The van der Waals surface area contributed by atoms with Crippen LogP contribution in [0.5, 0.6) is 5.75 Å². The largest absolute Gasteiger partial charge is 0.497 e. The molecule has 2 aromatic heterocycles. The minimum atomic E-state index is -1.01. The molecule has 0 unspecified atom stereocenters. The van der Waals surface area contributed by atoms with E-state index >= 15 is 0 Å². The summed E-state index contributed by atoms with van der Waals surface area (Å²) >= 11 is 0. The number of ether oxygens (including phenoxy) is 1. The zero-order valence-electron chi connectivity index (χ0n) is 13.9. The van der Waals surface area contributed by atoms with E-state index in [1.807, 2.05) is 18.2 Å². The third-order valence-corrected chi connectivity index (χ3v) is 4.51. The molecule has 0 atom stereocenters. The number of carboxylic acid groups (broad SMARTS) is 1. The van der Waals surface area contributed by atoms with Crippen molar-refractivity contribution in [3.63, 3.8) is 0 Å². The van der Waals surface area contributed by atoms with Crippen LogP contribution in [0.4, 0.5) is 0 Å². The molecule has 0 fully saturated rings. The first-order valence-electron chi connectivity index (χ1n) is 7.90. The number of aromatic carboxylic acids is 1. The fourth-order valence-electron chi connectivity index (χ4n) is 3.14. The Morgan fingerprint density at radius 3 is 2.76 bits per heavy atom. The maximum Gasteiger partial charge on any atom is 0.339 e. The summed E-state index contributed by atoms with van der Waals surface area (Å²) in [5, 5.41) is 13.3. The molecule has 4 rings (SSSR count). The predicted molar refractivity (Wildman–Crippen MR) is 90.2 cm³/mol. The van der Waals surface area contributed by atoms with Crippen LogP contribution in [0, 0.1) is 6.92 Å². The summed E-state index contributed by atoms with van der Waals surface area (Å²) in [6.07, 6.45) is 4.88. The van der Waals surface area contributed by atoms with E-state index in [-0.39, 0.29) is 5.56 Å². The maximum atomic E-state index is 11.2. The van der Waals surface area contributed by atoms with Crippen molar-refractivity contribution in [2.75, 3.05) is 7.11 Å². The second-order valence-electron chi connectivity index (χ2n) is 5.93. The fraction of sp³-hybridized carbons (Fsp3) is 0.222. The highest BCUT2D eigenvalue weighted by Crippen LogP contribution is 2.34. The lowest BCUT2D eigenvalue weighted by atomic mass is 9.90. The molecule has 3 aromatic rings. The molecular formula is C18H16N4O3. The van der Waals surface area contributed by atoms with E-state index in [1.54, 1.807) is 20.2 Å². The number of hydrogen-bond donors (Lipinski definition) is 1. The lowest BCUT2D eigenvalue weighted by Crippen LogP contribution is -2.12. The predicted octanol–water partition coefficient (Wildman–Crippen LogP) is 2.44. The highest BCUT2D eigenvalue weighted by atomic mass is 16.5. The number of aryl methyl sites for hydroxylation is 2. The van der Waals surface area contributed by atoms with Crippen LogP contribution in [0.25, 0.3) is 17.2 Å². The molecule has 1 aliphatic rings. The summed E-state index contributed by atoms with van der Waals surface area (Å²) in [5.41, 5.74) is 4.81. The SMILES string of the molecule is COc1ccc2c(c1)CCc1cnc(-n3ncc(C(=O)O)c3C)nc1-2. The highest BCUT2D eigenvalue weighted by molar-refractivity contribution is 5.88. The minimum Gasteiger partial charge on any atom is -0.497 e. The van der Waals surface area contributed by atoms with Gasteiger partial charge in [0.25, 0.3) is 5.95 Å². The van der Waals surface area contributed by atoms with E-state index in [1.165, 1.54) is 16.4 Å². The van der Waals surface area contributed by atoms with Gasteiger partial charge in [-0.15, -0.1) is 0 Å². The van der Waals surface area contributed by atoms with Crippen molar-refractivity contribution >= 4 is 5.97 Å². The number of methoxy groups -OCH3 is 1. The van der Waals surface area contributed by atoms with E-state index in [2.05, 4.69) is 15.1 Å². The second kappa shape index (κ2) is 5.70. The third kappa shape index (κ3) is 2.44. The van der Waals surface area contributed by atoms with Crippen molar-refractivity contribution in [2.24, 2.45) is 0 Å². The summed E-state index contributed by atoms with van der Waals surface area (Å²) in [6, 6.07) is 5.95. The van der Waals surface area contributed by atoms with Crippen LogP contribution in [0.15, 0.2) is 30.6 Å². The van der Waals surface area contributed by atoms with Crippen LogP contribution in [0.2, 0.25) is 0 Å². The van der Waals surface area contributed by atoms with Gasteiger partial charge in [-0.2, -0.15) is 5.10 Å². The number of carbonyl (C=O) groups is 1. The van der Waals surface area contributed by atoms with Crippen LogP contribution in [0.1, 0.15) is 27.2 Å². The molecule has 0 spiro atoms. The van der Waals surface area contributed by atoms with Crippen molar-refractivity contribution in [1.29, 1.82) is 0 Å². The molecule has 2 heterocycles. The van der Waals surface area contributed by atoms with E-state index in [0.717, 1.165) is 35.4 Å². The molecule has 7 heteroatoms. The van der Waals surface area contributed by atoms with E-state index in [4.69, 9.17) is 4.74 Å². The second-order valence-corrected chi connectivity index (χ2v) is 5.93. The van der Waals surface area contributed by atoms with Crippen molar-refractivity contribution in [3.8, 4) is 23.0 Å². The molecule has 0 amide bonds. The number of hydrogen-bond acceptors (Lipinski definition) is 5. The van der Waals surface area contributed by atoms with Crippen LogP contribution < -0.4 is 4.74 Å². The Bertz CT molecular complexity index is 994. The molecule has 0 saturated heterocycles. The quantitative estimate of drug-likeness (QED) is 0.790. The monoisotopic (exact) mass is 336 g/mol. The van der Waals surface area contributed by atoms with Gasteiger partial charge < -0.3 is 9.84 Å². The van der Waals surface area contributed by atoms with E-state index in [9.17, 15) is 9.90 Å². The number of aromatic nitrogens is 4. The third-order valence-electron chi connectivity index (χ3n) is 4.51. The van der Waals surface area contributed by atoms with Gasteiger partial charge in [-0.25, -0.2) is 19.4 Å². The summed E-state index contributed by atoms with van der Waals surface area (Å²) < 4.78 is 6.76. The number of rotatable bonds is 3. The van der Waals surface area contributed by atoms with Gasteiger partial charge in [-0.1, -0.05) is 0 Å². The first-order valence-corrected chi connectivity index (χ1v) is 7.90. The van der Waals surface area contributed by atoms with Crippen LogP contribution in [0.3, 0.4) is 0 Å². The van der Waals surface area contributed by atoms with Crippen molar-refractivity contribution < 1.29 is 14.6 Å². The summed E-state index contributed by atoms with van der Waals surface area (Å²) in [4.78, 5) is 20.3. The Kier molecular flexibility index (Phi) is 3.49. The molecule has 25 heavy (non-hydrogen) atoms. The molecular weight excluding hydrogens is 320 g/mol. The minimum absolute atomic E-state index is 0.145. The van der Waals surface area contributed by atoms with Gasteiger partial charge in [0.2, 0.25) is 0 Å². The van der Waals surface area contributed by atoms with Gasteiger partial charge in [-0.3, -0.25) is 0 Å². The maximum absolute atomic E-state index is 11.2. The van der Waals surface area contributed by atoms with Crippen LogP contribution in [-0.2, 0) is 12.8 Å².